The van der Waals surface area contributed by atoms with Crippen molar-refractivity contribution in [1.82, 2.24) is 20.2 Å². The van der Waals surface area contributed by atoms with Crippen LogP contribution < -0.4 is 14.8 Å². The van der Waals surface area contributed by atoms with Gasteiger partial charge in [-0.3, -0.25) is 9.59 Å². The molecule has 1 N–H and O–H groups in total. The summed E-state index contributed by atoms with van der Waals surface area (Å²) >= 11 is 0. The molecule has 158 valence electrons. The van der Waals surface area contributed by atoms with Crippen LogP contribution in [-0.4, -0.2) is 54.0 Å². The van der Waals surface area contributed by atoms with E-state index in [9.17, 15) is 9.59 Å². The Hall–Kier alpha value is -3.16. The minimum Gasteiger partial charge on any atom is -0.493 e. The van der Waals surface area contributed by atoms with Crippen LogP contribution in [0.1, 0.15) is 52.6 Å². The highest BCUT2D eigenvalue weighted by Gasteiger charge is 2.30. The number of amides is 2. The Morgan fingerprint density at radius 3 is 2.83 bits per heavy atom. The number of methoxy groups -OCH3 is 2. The van der Waals surface area contributed by atoms with Crippen LogP contribution in [-0.2, 0) is 17.8 Å². The molecule has 4 rings (SSSR count). The highest BCUT2D eigenvalue weighted by Crippen LogP contribution is 2.38. The first-order valence-electron chi connectivity index (χ1n) is 10.2. The molecule has 8 nitrogen and oxygen atoms in total. The largest absolute Gasteiger partial charge is 0.493 e. The molecule has 1 saturated carbocycles. The predicted octanol–water partition coefficient (Wildman–Crippen LogP) is 2.08. The fourth-order valence-electron chi connectivity index (χ4n) is 3.72. The Kier molecular flexibility index (Phi) is 5.83. The Labute approximate surface area is 175 Å². The zero-order chi connectivity index (χ0) is 21.1. The van der Waals surface area contributed by atoms with Crippen molar-refractivity contribution in [3.05, 3.63) is 47.0 Å². The summed E-state index contributed by atoms with van der Waals surface area (Å²) in [6, 6.07) is 5.51. The van der Waals surface area contributed by atoms with Gasteiger partial charge in [0.05, 0.1) is 32.0 Å². The molecule has 0 radical (unpaired) electrons. The highest BCUT2D eigenvalue weighted by atomic mass is 16.5. The van der Waals surface area contributed by atoms with E-state index in [1.54, 1.807) is 31.4 Å². The normalized spacial score (nSPS) is 15.9. The molecule has 2 aromatic rings. The topological polar surface area (TPSA) is 93.6 Å². The lowest BCUT2D eigenvalue weighted by atomic mass is 10.1. The van der Waals surface area contributed by atoms with Crippen LogP contribution in [0.5, 0.6) is 11.5 Å². The number of para-hydroxylation sites is 1. The molecule has 0 unspecified atom stereocenters. The third-order valence-corrected chi connectivity index (χ3v) is 5.48. The van der Waals surface area contributed by atoms with Crippen molar-refractivity contribution in [2.24, 2.45) is 0 Å². The SMILES string of the molecule is COc1cccc(CNC(=O)CN2CCCc3nc(C4CC4)ncc3C2=O)c1OC. The van der Waals surface area contributed by atoms with Gasteiger partial charge in [0, 0.05) is 30.8 Å². The van der Waals surface area contributed by atoms with E-state index in [1.807, 2.05) is 12.1 Å². The van der Waals surface area contributed by atoms with E-state index in [1.165, 1.54) is 0 Å². The molecule has 1 fully saturated rings. The molecule has 1 aliphatic heterocycles. The average Bonchev–Trinajstić information content (AvgIpc) is 3.61. The van der Waals surface area contributed by atoms with Gasteiger partial charge in [0.1, 0.15) is 5.82 Å². The van der Waals surface area contributed by atoms with Crippen molar-refractivity contribution in [3.8, 4) is 11.5 Å². The van der Waals surface area contributed by atoms with Gasteiger partial charge in [-0.1, -0.05) is 12.1 Å². The monoisotopic (exact) mass is 410 g/mol. The fourth-order valence-corrected chi connectivity index (χ4v) is 3.72. The van der Waals surface area contributed by atoms with Crippen molar-refractivity contribution in [1.29, 1.82) is 0 Å². The molecule has 0 bridgehead atoms. The summed E-state index contributed by atoms with van der Waals surface area (Å²) in [4.78, 5) is 36.1. The Morgan fingerprint density at radius 2 is 2.10 bits per heavy atom. The van der Waals surface area contributed by atoms with Crippen molar-refractivity contribution in [2.75, 3.05) is 27.3 Å². The number of rotatable bonds is 7. The number of fused-ring (bicyclic) bond motifs is 1. The first-order valence-corrected chi connectivity index (χ1v) is 10.2. The van der Waals surface area contributed by atoms with Crippen LogP contribution in [0.2, 0.25) is 0 Å². The molecule has 2 aliphatic rings. The van der Waals surface area contributed by atoms with Gasteiger partial charge in [0.15, 0.2) is 11.5 Å². The van der Waals surface area contributed by atoms with Crippen LogP contribution >= 0.6 is 0 Å². The second-order valence-electron chi connectivity index (χ2n) is 7.62. The number of hydrogen-bond acceptors (Lipinski definition) is 6. The summed E-state index contributed by atoms with van der Waals surface area (Å²) < 4.78 is 10.7. The number of carbonyl (C=O) groups is 2. The van der Waals surface area contributed by atoms with Crippen LogP contribution in [0.4, 0.5) is 0 Å². The van der Waals surface area contributed by atoms with Crippen LogP contribution in [0.15, 0.2) is 24.4 Å². The van der Waals surface area contributed by atoms with Crippen molar-refractivity contribution in [2.45, 2.75) is 38.1 Å². The van der Waals surface area contributed by atoms with Gasteiger partial charge < -0.3 is 19.7 Å². The maximum Gasteiger partial charge on any atom is 0.257 e. The number of benzene rings is 1. The standard InChI is InChI=1S/C22H26N4O4/c1-29-18-7-3-5-15(20(18)30-2)11-23-19(27)13-26-10-4-6-17-16(22(26)28)12-24-21(25-17)14-8-9-14/h3,5,7,12,14H,4,6,8-11,13H2,1-2H3,(H,23,27). The zero-order valence-electron chi connectivity index (χ0n) is 17.3. The molecule has 30 heavy (non-hydrogen) atoms. The number of aryl methyl sites for hydroxylation is 1. The smallest absolute Gasteiger partial charge is 0.257 e. The number of nitrogens with zero attached hydrogens (tertiary/aromatic N) is 3. The quantitative estimate of drug-likeness (QED) is 0.751. The third kappa shape index (κ3) is 4.22. The number of nitrogens with one attached hydrogen (secondary N) is 1. The summed E-state index contributed by atoms with van der Waals surface area (Å²) in [6.07, 6.45) is 5.38. The molecule has 0 spiro atoms. The second-order valence-corrected chi connectivity index (χ2v) is 7.62. The van der Waals surface area contributed by atoms with Gasteiger partial charge in [0.2, 0.25) is 5.91 Å². The molecule has 0 saturated heterocycles. The number of aromatic nitrogens is 2. The van der Waals surface area contributed by atoms with Crippen molar-refractivity contribution >= 4 is 11.8 Å². The highest BCUT2D eigenvalue weighted by molar-refractivity contribution is 5.97. The molecular weight excluding hydrogens is 384 g/mol. The lowest BCUT2D eigenvalue weighted by molar-refractivity contribution is -0.122. The number of ether oxygens (including phenoxy) is 2. The predicted molar refractivity (Wildman–Crippen MR) is 110 cm³/mol. The van der Waals surface area contributed by atoms with E-state index in [2.05, 4.69) is 15.3 Å². The molecule has 1 aliphatic carbocycles. The van der Waals surface area contributed by atoms with E-state index in [0.717, 1.165) is 42.8 Å². The molecule has 2 amide bonds. The zero-order valence-corrected chi connectivity index (χ0v) is 17.3. The fraction of sp³-hybridized carbons (Fsp3) is 0.455. The van der Waals surface area contributed by atoms with Gasteiger partial charge in [-0.25, -0.2) is 9.97 Å². The van der Waals surface area contributed by atoms with E-state index in [-0.39, 0.29) is 24.9 Å². The van der Waals surface area contributed by atoms with Gasteiger partial charge in [-0.2, -0.15) is 0 Å². The number of hydrogen-bond donors (Lipinski definition) is 1. The van der Waals surface area contributed by atoms with Crippen molar-refractivity contribution < 1.29 is 19.1 Å². The second kappa shape index (κ2) is 8.69. The van der Waals surface area contributed by atoms with Crippen LogP contribution in [0.25, 0.3) is 0 Å². The minimum atomic E-state index is -0.229. The van der Waals surface area contributed by atoms with Gasteiger partial charge in [0.25, 0.3) is 5.91 Å². The van der Waals surface area contributed by atoms with Gasteiger partial charge in [-0.05, 0) is 31.7 Å². The van der Waals surface area contributed by atoms with Gasteiger partial charge in [-0.15, -0.1) is 0 Å². The summed E-state index contributed by atoms with van der Waals surface area (Å²) in [6.45, 7) is 0.796. The Morgan fingerprint density at radius 1 is 1.27 bits per heavy atom. The van der Waals surface area contributed by atoms with Crippen molar-refractivity contribution in [3.63, 3.8) is 0 Å². The first-order chi connectivity index (χ1) is 14.6. The maximum absolute atomic E-state index is 13.0. The van der Waals surface area contributed by atoms with Gasteiger partial charge >= 0.3 is 0 Å². The molecule has 8 heteroatoms. The molecule has 0 atom stereocenters. The summed E-state index contributed by atoms with van der Waals surface area (Å²) in [7, 11) is 3.13. The minimum absolute atomic E-state index is 0.00503. The third-order valence-electron chi connectivity index (χ3n) is 5.48. The van der Waals surface area contributed by atoms with E-state index >= 15 is 0 Å². The Bertz CT molecular complexity index is 958. The number of carbonyl (C=O) groups excluding carboxylic acids is 2. The lowest BCUT2D eigenvalue weighted by Gasteiger charge is -2.20. The first kappa shape index (κ1) is 20.1. The van der Waals surface area contributed by atoms with Crippen LogP contribution in [0.3, 0.4) is 0 Å². The molecule has 1 aromatic carbocycles. The van der Waals surface area contributed by atoms with E-state index < -0.39 is 0 Å². The average molecular weight is 410 g/mol. The summed E-state index contributed by atoms with van der Waals surface area (Å²) in [5.74, 6) is 2.08. The molecular formula is C22H26N4O4. The lowest BCUT2D eigenvalue weighted by Crippen LogP contribution is -2.40. The Balaban J connectivity index is 1.40. The summed E-state index contributed by atoms with van der Waals surface area (Å²) in [5, 5.41) is 2.87. The maximum atomic E-state index is 13.0. The van der Waals surface area contributed by atoms with E-state index in [0.29, 0.717) is 29.5 Å². The summed E-state index contributed by atoms with van der Waals surface area (Å²) in [5.41, 5.74) is 2.12. The van der Waals surface area contributed by atoms with E-state index in [4.69, 9.17) is 9.47 Å². The molecule has 1 aromatic heterocycles. The van der Waals surface area contributed by atoms with Crippen LogP contribution in [0, 0.1) is 0 Å². The molecule has 2 heterocycles.